The van der Waals surface area contributed by atoms with Crippen molar-refractivity contribution in [3.8, 4) is 5.75 Å². The fourth-order valence-corrected chi connectivity index (χ4v) is 2.70. The number of halogens is 1. The minimum atomic E-state index is -0.113. The normalized spacial score (nSPS) is 12.5. The second kappa shape index (κ2) is 9.10. The zero-order valence-electron chi connectivity index (χ0n) is 14.5. The lowest BCUT2D eigenvalue weighted by Gasteiger charge is -2.30. The molecule has 0 saturated heterocycles. The predicted molar refractivity (Wildman–Crippen MR) is 104 cm³/mol. The molecule has 26 heavy (non-hydrogen) atoms. The van der Waals surface area contributed by atoms with E-state index in [1.54, 1.807) is 4.90 Å². The van der Waals surface area contributed by atoms with Crippen LogP contribution >= 0.6 is 12.4 Å². The van der Waals surface area contributed by atoms with Crippen LogP contribution in [0, 0.1) is 0 Å². The summed E-state index contributed by atoms with van der Waals surface area (Å²) >= 11 is 0. The van der Waals surface area contributed by atoms with E-state index in [1.165, 1.54) is 12.5 Å². The van der Waals surface area contributed by atoms with Gasteiger partial charge in [-0.05, 0) is 23.8 Å². The van der Waals surface area contributed by atoms with Gasteiger partial charge in [0.05, 0.1) is 5.69 Å². The van der Waals surface area contributed by atoms with Crippen LogP contribution in [0.15, 0.2) is 48.5 Å². The first-order valence-corrected chi connectivity index (χ1v) is 8.23. The summed E-state index contributed by atoms with van der Waals surface area (Å²) in [6, 6.07) is 15.8. The zero-order chi connectivity index (χ0) is 17.6. The molecule has 1 heterocycles. The zero-order valence-corrected chi connectivity index (χ0v) is 15.3. The third-order valence-electron chi connectivity index (χ3n) is 3.95. The van der Waals surface area contributed by atoms with E-state index in [1.807, 2.05) is 36.4 Å². The average Bonchev–Trinajstić information content (AvgIpc) is 2.62. The Kier molecular flexibility index (Phi) is 6.86. The maximum atomic E-state index is 12.2. The summed E-state index contributed by atoms with van der Waals surface area (Å²) in [4.78, 5) is 24.9. The molecular weight excluding hydrogens is 354 g/mol. The molecule has 7 heteroatoms. The van der Waals surface area contributed by atoms with E-state index in [-0.39, 0.29) is 30.8 Å². The summed E-state index contributed by atoms with van der Waals surface area (Å²) < 4.78 is 5.50. The van der Waals surface area contributed by atoms with Crippen molar-refractivity contribution in [1.29, 1.82) is 0 Å². The smallest absolute Gasteiger partial charge is 0.265 e. The van der Waals surface area contributed by atoms with Gasteiger partial charge in [0.25, 0.3) is 5.91 Å². The van der Waals surface area contributed by atoms with Gasteiger partial charge in [0.15, 0.2) is 6.61 Å². The molecule has 2 amide bonds. The minimum absolute atomic E-state index is 0. The summed E-state index contributed by atoms with van der Waals surface area (Å²) in [7, 11) is 0. The fraction of sp³-hybridized carbons (Fsp3) is 0.263. The highest BCUT2D eigenvalue weighted by atomic mass is 35.5. The molecule has 138 valence electrons. The summed E-state index contributed by atoms with van der Waals surface area (Å²) in [5.41, 5.74) is 2.81. The highest BCUT2D eigenvalue weighted by molar-refractivity contribution is 5.98. The number of benzene rings is 2. The monoisotopic (exact) mass is 375 g/mol. The van der Waals surface area contributed by atoms with Crippen molar-refractivity contribution in [2.45, 2.75) is 13.5 Å². The lowest BCUT2D eigenvalue weighted by molar-refractivity contribution is -0.122. The molecule has 0 aromatic heterocycles. The van der Waals surface area contributed by atoms with Crippen LogP contribution in [0.25, 0.3) is 0 Å². The van der Waals surface area contributed by atoms with E-state index in [0.717, 1.165) is 11.4 Å². The Bertz CT molecular complexity index is 768. The van der Waals surface area contributed by atoms with E-state index in [9.17, 15) is 9.59 Å². The molecular formula is C19H22ClN3O3. The average molecular weight is 376 g/mol. The number of nitrogens with one attached hydrogen (secondary N) is 2. The molecule has 0 saturated carbocycles. The number of amides is 2. The van der Waals surface area contributed by atoms with Crippen LogP contribution in [0.4, 0.5) is 11.4 Å². The second-order valence-corrected chi connectivity index (χ2v) is 5.84. The van der Waals surface area contributed by atoms with Gasteiger partial charge >= 0.3 is 0 Å². The fourth-order valence-electron chi connectivity index (χ4n) is 2.70. The highest BCUT2D eigenvalue weighted by Crippen LogP contribution is 2.34. The molecule has 0 spiro atoms. The quantitative estimate of drug-likeness (QED) is 0.814. The van der Waals surface area contributed by atoms with E-state index < -0.39 is 0 Å². The Hall–Kier alpha value is -2.73. The van der Waals surface area contributed by atoms with Gasteiger partial charge < -0.3 is 20.3 Å². The first kappa shape index (κ1) is 19.6. The first-order chi connectivity index (χ1) is 12.1. The van der Waals surface area contributed by atoms with Gasteiger partial charge in [0.2, 0.25) is 5.91 Å². The SMILES string of the molecule is CC(=O)NCCN1C(=O)COc2ccc(NCc3ccccc3)cc21.Cl. The van der Waals surface area contributed by atoms with Gasteiger partial charge in [-0.15, -0.1) is 12.4 Å². The van der Waals surface area contributed by atoms with E-state index in [4.69, 9.17) is 4.74 Å². The molecule has 0 fully saturated rings. The number of carbonyl (C=O) groups is 2. The lowest BCUT2D eigenvalue weighted by Crippen LogP contribution is -2.43. The Morgan fingerprint density at radius 1 is 1.19 bits per heavy atom. The van der Waals surface area contributed by atoms with Crippen molar-refractivity contribution in [3.63, 3.8) is 0 Å². The third-order valence-corrected chi connectivity index (χ3v) is 3.95. The number of rotatable bonds is 6. The number of hydrogen-bond acceptors (Lipinski definition) is 4. The maximum Gasteiger partial charge on any atom is 0.265 e. The van der Waals surface area contributed by atoms with Crippen molar-refractivity contribution < 1.29 is 14.3 Å². The van der Waals surface area contributed by atoms with E-state index in [0.29, 0.717) is 25.4 Å². The van der Waals surface area contributed by atoms with Gasteiger partial charge in [-0.2, -0.15) is 0 Å². The molecule has 0 aliphatic carbocycles. The molecule has 2 aromatic carbocycles. The molecule has 0 unspecified atom stereocenters. The molecule has 0 bridgehead atoms. The molecule has 1 aliphatic rings. The number of ether oxygens (including phenoxy) is 1. The van der Waals surface area contributed by atoms with Crippen molar-refractivity contribution in [2.75, 3.05) is 29.9 Å². The number of carbonyl (C=O) groups excluding carboxylic acids is 2. The van der Waals surface area contributed by atoms with Crippen LogP contribution in [0.5, 0.6) is 5.75 Å². The van der Waals surface area contributed by atoms with Crippen LogP contribution in [-0.2, 0) is 16.1 Å². The molecule has 2 aromatic rings. The Morgan fingerprint density at radius 3 is 2.69 bits per heavy atom. The summed E-state index contributed by atoms with van der Waals surface area (Å²) in [6.45, 7) is 2.99. The molecule has 6 nitrogen and oxygen atoms in total. The summed E-state index contributed by atoms with van der Waals surface area (Å²) in [5.74, 6) is 0.449. The van der Waals surface area contributed by atoms with Gasteiger partial charge in [-0.3, -0.25) is 9.59 Å². The number of nitrogens with zero attached hydrogens (tertiary/aromatic N) is 1. The standard InChI is InChI=1S/C19H21N3O3.ClH/c1-14(23)20-9-10-22-17-11-16(7-8-18(17)25-13-19(22)24)21-12-15-5-3-2-4-6-15;/h2-8,11,21H,9-10,12-13H2,1H3,(H,20,23);1H. The largest absolute Gasteiger partial charge is 0.482 e. The van der Waals surface area contributed by atoms with Crippen molar-refractivity contribution in [1.82, 2.24) is 5.32 Å². The predicted octanol–water partition coefficient (Wildman–Crippen LogP) is 2.58. The van der Waals surface area contributed by atoms with Crippen LogP contribution < -0.4 is 20.3 Å². The number of fused-ring (bicyclic) bond motifs is 1. The lowest BCUT2D eigenvalue weighted by atomic mass is 10.2. The molecule has 3 rings (SSSR count). The number of hydrogen-bond donors (Lipinski definition) is 2. The van der Waals surface area contributed by atoms with Crippen molar-refractivity contribution in [2.24, 2.45) is 0 Å². The second-order valence-electron chi connectivity index (χ2n) is 5.84. The van der Waals surface area contributed by atoms with Crippen LogP contribution in [-0.4, -0.2) is 31.5 Å². The van der Waals surface area contributed by atoms with Gasteiger partial charge in [0.1, 0.15) is 5.75 Å². The third kappa shape index (κ3) is 4.89. The number of anilines is 2. The van der Waals surface area contributed by atoms with Crippen LogP contribution in [0.3, 0.4) is 0 Å². The molecule has 2 N–H and O–H groups in total. The Morgan fingerprint density at radius 2 is 1.96 bits per heavy atom. The Labute approximate surface area is 158 Å². The van der Waals surface area contributed by atoms with Crippen molar-refractivity contribution >= 4 is 35.6 Å². The van der Waals surface area contributed by atoms with E-state index >= 15 is 0 Å². The molecule has 0 atom stereocenters. The van der Waals surface area contributed by atoms with Gasteiger partial charge in [0, 0.05) is 32.2 Å². The van der Waals surface area contributed by atoms with Gasteiger partial charge in [-0.25, -0.2) is 0 Å². The maximum absolute atomic E-state index is 12.2. The molecule has 1 aliphatic heterocycles. The van der Waals surface area contributed by atoms with Crippen LogP contribution in [0.1, 0.15) is 12.5 Å². The summed E-state index contributed by atoms with van der Waals surface area (Å²) in [6.07, 6.45) is 0. The molecule has 0 radical (unpaired) electrons. The van der Waals surface area contributed by atoms with Gasteiger partial charge in [-0.1, -0.05) is 30.3 Å². The van der Waals surface area contributed by atoms with Crippen LogP contribution in [0.2, 0.25) is 0 Å². The summed E-state index contributed by atoms with van der Waals surface area (Å²) in [5, 5.41) is 6.07. The first-order valence-electron chi connectivity index (χ1n) is 8.23. The van der Waals surface area contributed by atoms with Crippen molar-refractivity contribution in [3.05, 3.63) is 54.1 Å². The Balaban J connectivity index is 0.00000243. The minimum Gasteiger partial charge on any atom is -0.482 e. The van der Waals surface area contributed by atoms with E-state index in [2.05, 4.69) is 22.8 Å². The highest BCUT2D eigenvalue weighted by Gasteiger charge is 2.25. The topological polar surface area (TPSA) is 70.7 Å².